The summed E-state index contributed by atoms with van der Waals surface area (Å²) in [5.74, 6) is -1.81. The number of carboxylic acids is 1. The molecular formula is C39H71NO7. The van der Waals surface area contributed by atoms with Crippen LogP contribution in [-0.4, -0.2) is 75.5 Å². The predicted octanol–water partition coefficient (Wildman–Crippen LogP) is 8.02. The number of carboxylic acid groups (broad SMARTS) is 1. The number of quaternary nitrogens is 1. The summed E-state index contributed by atoms with van der Waals surface area (Å²) in [4.78, 5) is 36.5. The van der Waals surface area contributed by atoms with Gasteiger partial charge in [0, 0.05) is 19.3 Å². The fourth-order valence-corrected chi connectivity index (χ4v) is 5.32. The maximum atomic E-state index is 12.6. The number of carbonyl (C=O) groups is 3. The standard InChI is InChI=1S/C39H71NO7/c1-6-8-10-12-14-16-17-18-19-20-21-22-24-26-28-30-38(42)47-35(33-45-32-31-36(39(43)44)40(3,4)5)34-46-37(41)29-27-25-23-15-13-11-9-7-2/h16-17,23,25,35-36H,6-15,18-22,24,26-34H2,1-5H3/b17-16+,25-23+. The van der Waals surface area contributed by atoms with E-state index in [2.05, 4.69) is 32.1 Å². The van der Waals surface area contributed by atoms with Crippen LogP contribution in [0.15, 0.2) is 24.3 Å². The molecule has 0 bridgehead atoms. The third-order valence-corrected chi connectivity index (χ3v) is 8.32. The van der Waals surface area contributed by atoms with Crippen LogP contribution in [0.2, 0.25) is 0 Å². The number of aliphatic carboxylic acids is 1. The third-order valence-electron chi connectivity index (χ3n) is 8.32. The van der Waals surface area contributed by atoms with Crippen LogP contribution in [-0.2, 0) is 28.6 Å². The van der Waals surface area contributed by atoms with Gasteiger partial charge < -0.3 is 28.6 Å². The zero-order valence-electron chi connectivity index (χ0n) is 30.9. The highest BCUT2D eigenvalue weighted by Gasteiger charge is 2.25. The zero-order valence-corrected chi connectivity index (χ0v) is 30.9. The first-order valence-electron chi connectivity index (χ1n) is 18.9. The summed E-state index contributed by atoms with van der Waals surface area (Å²) in [5.41, 5.74) is 0. The van der Waals surface area contributed by atoms with Crippen molar-refractivity contribution in [2.75, 3.05) is 41.0 Å². The largest absolute Gasteiger partial charge is 0.544 e. The molecule has 274 valence electrons. The van der Waals surface area contributed by atoms with E-state index in [1.165, 1.54) is 83.5 Å². The van der Waals surface area contributed by atoms with E-state index in [1.807, 2.05) is 6.08 Å². The lowest BCUT2D eigenvalue weighted by molar-refractivity contribution is -0.889. The number of nitrogens with zero attached hydrogens (tertiary/aromatic N) is 1. The van der Waals surface area contributed by atoms with Crippen LogP contribution in [0.3, 0.4) is 0 Å². The van der Waals surface area contributed by atoms with E-state index in [1.54, 1.807) is 21.1 Å². The van der Waals surface area contributed by atoms with Gasteiger partial charge in [-0.1, -0.05) is 109 Å². The summed E-state index contributed by atoms with van der Waals surface area (Å²) < 4.78 is 17.0. The summed E-state index contributed by atoms with van der Waals surface area (Å²) in [6.07, 6.45) is 30.8. The highest BCUT2D eigenvalue weighted by molar-refractivity contribution is 5.70. The quantitative estimate of drug-likeness (QED) is 0.0303. The van der Waals surface area contributed by atoms with E-state index in [9.17, 15) is 19.5 Å². The molecule has 0 aliphatic rings. The molecule has 47 heavy (non-hydrogen) atoms. The number of hydrogen-bond donors (Lipinski definition) is 0. The molecule has 0 amide bonds. The smallest absolute Gasteiger partial charge is 0.306 e. The zero-order chi connectivity index (χ0) is 35.0. The van der Waals surface area contributed by atoms with Crippen molar-refractivity contribution in [2.45, 2.75) is 167 Å². The molecule has 0 saturated heterocycles. The minimum absolute atomic E-state index is 0.0294. The number of ether oxygens (including phenoxy) is 3. The van der Waals surface area contributed by atoms with Crippen LogP contribution in [0.1, 0.15) is 155 Å². The number of unbranched alkanes of at least 4 members (excludes halogenated alkanes) is 15. The van der Waals surface area contributed by atoms with E-state index in [4.69, 9.17) is 14.2 Å². The summed E-state index contributed by atoms with van der Waals surface area (Å²) in [6.45, 7) is 4.54. The van der Waals surface area contributed by atoms with Crippen molar-refractivity contribution in [2.24, 2.45) is 0 Å². The van der Waals surface area contributed by atoms with E-state index in [0.29, 0.717) is 12.8 Å². The molecule has 0 N–H and O–H groups in total. The molecule has 8 nitrogen and oxygen atoms in total. The van der Waals surface area contributed by atoms with Gasteiger partial charge in [-0.25, -0.2) is 0 Å². The summed E-state index contributed by atoms with van der Waals surface area (Å²) in [7, 11) is 5.38. The van der Waals surface area contributed by atoms with Crippen molar-refractivity contribution in [1.29, 1.82) is 0 Å². The highest BCUT2D eigenvalue weighted by atomic mass is 16.6. The van der Waals surface area contributed by atoms with Gasteiger partial charge in [-0.3, -0.25) is 9.59 Å². The van der Waals surface area contributed by atoms with Gasteiger partial charge in [0.05, 0.1) is 40.3 Å². The van der Waals surface area contributed by atoms with Gasteiger partial charge in [0.2, 0.25) is 0 Å². The van der Waals surface area contributed by atoms with Crippen molar-refractivity contribution in [3.63, 3.8) is 0 Å². The number of rotatable bonds is 33. The molecule has 0 radical (unpaired) electrons. The van der Waals surface area contributed by atoms with Gasteiger partial charge in [0.1, 0.15) is 12.6 Å². The molecule has 0 spiro atoms. The van der Waals surface area contributed by atoms with Crippen LogP contribution < -0.4 is 5.11 Å². The highest BCUT2D eigenvalue weighted by Crippen LogP contribution is 2.13. The maximum Gasteiger partial charge on any atom is 0.306 e. The molecule has 0 heterocycles. The van der Waals surface area contributed by atoms with Crippen LogP contribution in [0.4, 0.5) is 0 Å². The van der Waals surface area contributed by atoms with Gasteiger partial charge >= 0.3 is 11.9 Å². The SMILES string of the molecule is CCCCCC/C=C/CCCCCCCCCC(=O)OC(COCCC(C(=O)[O-])[N+](C)(C)C)COC(=O)CC/C=C/CCCCCC. The second-order valence-corrected chi connectivity index (χ2v) is 13.8. The third kappa shape index (κ3) is 29.7. The number of hydrogen-bond acceptors (Lipinski definition) is 7. The molecular weight excluding hydrogens is 594 g/mol. The summed E-state index contributed by atoms with van der Waals surface area (Å²) in [5, 5.41) is 11.5. The average molecular weight is 666 g/mol. The van der Waals surface area contributed by atoms with Gasteiger partial charge in [-0.15, -0.1) is 0 Å². The number of carbonyl (C=O) groups excluding carboxylic acids is 3. The Morgan fingerprint density at radius 1 is 0.617 bits per heavy atom. The van der Waals surface area contributed by atoms with Gasteiger partial charge in [0.15, 0.2) is 6.10 Å². The fraction of sp³-hybridized carbons (Fsp3) is 0.821. The summed E-state index contributed by atoms with van der Waals surface area (Å²) >= 11 is 0. The topological polar surface area (TPSA) is 102 Å². The Morgan fingerprint density at radius 3 is 1.62 bits per heavy atom. The van der Waals surface area contributed by atoms with Gasteiger partial charge in [-0.2, -0.15) is 0 Å². The van der Waals surface area contributed by atoms with Crippen LogP contribution in [0, 0.1) is 0 Å². The Bertz CT molecular complexity index is 834. The molecule has 0 aromatic rings. The second kappa shape index (κ2) is 31.1. The molecule has 0 aromatic carbocycles. The second-order valence-electron chi connectivity index (χ2n) is 13.8. The van der Waals surface area contributed by atoms with E-state index in [-0.39, 0.29) is 49.1 Å². The van der Waals surface area contributed by atoms with E-state index >= 15 is 0 Å². The number of allylic oxidation sites excluding steroid dienone is 4. The molecule has 0 aliphatic carbocycles. The van der Waals surface area contributed by atoms with Crippen molar-refractivity contribution >= 4 is 17.9 Å². The fourth-order valence-electron chi connectivity index (χ4n) is 5.32. The first-order chi connectivity index (χ1) is 22.6. The first-order valence-corrected chi connectivity index (χ1v) is 18.9. The maximum absolute atomic E-state index is 12.6. The van der Waals surface area contributed by atoms with Crippen LogP contribution >= 0.6 is 0 Å². The van der Waals surface area contributed by atoms with E-state index in [0.717, 1.165) is 32.1 Å². The van der Waals surface area contributed by atoms with Crippen molar-refractivity contribution < 1.29 is 38.2 Å². The molecule has 0 aromatic heterocycles. The average Bonchev–Trinajstić information content (AvgIpc) is 3.01. The van der Waals surface area contributed by atoms with Crippen molar-refractivity contribution in [3.8, 4) is 0 Å². The van der Waals surface area contributed by atoms with Crippen LogP contribution in [0.25, 0.3) is 0 Å². The Morgan fingerprint density at radius 2 is 1.11 bits per heavy atom. The number of likely N-dealkylation sites (N-methyl/N-ethyl adjacent to an activating group) is 1. The van der Waals surface area contributed by atoms with Crippen molar-refractivity contribution in [3.05, 3.63) is 24.3 Å². The predicted molar refractivity (Wildman–Crippen MR) is 190 cm³/mol. The minimum Gasteiger partial charge on any atom is -0.544 e. The Balaban J connectivity index is 4.42. The Kier molecular flexibility index (Phi) is 29.7. The minimum atomic E-state index is -1.13. The molecule has 8 heteroatoms. The molecule has 2 unspecified atom stereocenters. The molecule has 0 fully saturated rings. The Hall–Kier alpha value is -2.19. The number of esters is 2. The molecule has 0 rings (SSSR count). The summed E-state index contributed by atoms with van der Waals surface area (Å²) in [6, 6.07) is -0.726. The lowest BCUT2D eigenvalue weighted by Crippen LogP contribution is -2.55. The monoisotopic (exact) mass is 666 g/mol. The van der Waals surface area contributed by atoms with Gasteiger partial charge in [-0.05, 0) is 51.4 Å². The van der Waals surface area contributed by atoms with E-state index < -0.39 is 18.1 Å². The first kappa shape index (κ1) is 44.8. The normalized spacial score (nSPS) is 13.3. The molecule has 0 saturated carbocycles. The molecule has 2 atom stereocenters. The van der Waals surface area contributed by atoms with Crippen LogP contribution in [0.5, 0.6) is 0 Å². The Labute approximate surface area is 288 Å². The lowest BCUT2D eigenvalue weighted by atomic mass is 10.1. The lowest BCUT2D eigenvalue weighted by Gasteiger charge is -2.34. The van der Waals surface area contributed by atoms with Crippen molar-refractivity contribution in [1.82, 2.24) is 0 Å². The van der Waals surface area contributed by atoms with Gasteiger partial charge in [0.25, 0.3) is 0 Å². The molecule has 0 aliphatic heterocycles.